The maximum atomic E-state index is 4.24. The van der Waals surface area contributed by atoms with Crippen LogP contribution in [0.5, 0.6) is 0 Å². The number of fused-ring (bicyclic) bond motifs is 1. The Morgan fingerprint density at radius 1 is 1.39 bits per heavy atom. The van der Waals surface area contributed by atoms with E-state index in [1.165, 1.54) is 19.4 Å². The molecule has 1 unspecified atom stereocenters. The number of piperidine rings is 1. The van der Waals surface area contributed by atoms with Gasteiger partial charge < -0.3 is 10.2 Å². The van der Waals surface area contributed by atoms with Crippen molar-refractivity contribution < 1.29 is 0 Å². The van der Waals surface area contributed by atoms with Gasteiger partial charge in [0.15, 0.2) is 11.5 Å². The van der Waals surface area contributed by atoms with Gasteiger partial charge in [0.2, 0.25) is 0 Å². The third kappa shape index (κ3) is 2.37. The lowest BCUT2D eigenvalue weighted by Gasteiger charge is -2.30. The van der Waals surface area contributed by atoms with Crippen molar-refractivity contribution >= 4 is 5.65 Å². The first-order valence-corrected chi connectivity index (χ1v) is 6.53. The van der Waals surface area contributed by atoms with Crippen molar-refractivity contribution in [1.29, 1.82) is 0 Å². The number of pyridine rings is 1. The van der Waals surface area contributed by atoms with Crippen molar-refractivity contribution in [2.45, 2.75) is 25.4 Å². The van der Waals surface area contributed by atoms with Gasteiger partial charge in [-0.15, -0.1) is 10.2 Å². The van der Waals surface area contributed by atoms with Crippen molar-refractivity contribution in [3.63, 3.8) is 0 Å². The molecule has 1 saturated heterocycles. The summed E-state index contributed by atoms with van der Waals surface area (Å²) in [6.45, 7) is 3.12. The standard InChI is InChI=1S/C13H19N5/c1-17-7-4-5-11(10-17)14-9-13-16-15-12-6-2-3-8-18(12)13/h2-3,6,8,11,14H,4-5,7,9-10H2,1H3. The summed E-state index contributed by atoms with van der Waals surface area (Å²) in [6, 6.07) is 6.54. The molecule has 1 atom stereocenters. The molecule has 0 saturated carbocycles. The molecular formula is C13H19N5. The van der Waals surface area contributed by atoms with Crippen molar-refractivity contribution in [2.24, 2.45) is 0 Å². The summed E-state index contributed by atoms with van der Waals surface area (Å²) in [5.74, 6) is 0.985. The number of hydrogen-bond donors (Lipinski definition) is 1. The lowest BCUT2D eigenvalue weighted by atomic mass is 10.1. The van der Waals surface area contributed by atoms with Crippen LogP contribution in [0.1, 0.15) is 18.7 Å². The molecule has 5 heteroatoms. The van der Waals surface area contributed by atoms with Crippen molar-refractivity contribution in [1.82, 2.24) is 24.8 Å². The minimum atomic E-state index is 0.569. The Hall–Kier alpha value is -1.46. The predicted molar refractivity (Wildman–Crippen MR) is 70.3 cm³/mol. The lowest BCUT2D eigenvalue weighted by Crippen LogP contribution is -2.43. The van der Waals surface area contributed by atoms with Crippen LogP contribution in [-0.4, -0.2) is 45.7 Å². The zero-order valence-corrected chi connectivity index (χ0v) is 10.7. The van der Waals surface area contributed by atoms with Crippen molar-refractivity contribution in [2.75, 3.05) is 20.1 Å². The van der Waals surface area contributed by atoms with Gasteiger partial charge >= 0.3 is 0 Å². The van der Waals surface area contributed by atoms with Gasteiger partial charge in [-0.05, 0) is 38.6 Å². The summed E-state index contributed by atoms with van der Waals surface area (Å²) in [4.78, 5) is 2.38. The number of nitrogens with one attached hydrogen (secondary N) is 1. The van der Waals surface area contributed by atoms with Crippen LogP contribution < -0.4 is 5.32 Å². The van der Waals surface area contributed by atoms with Gasteiger partial charge in [-0.1, -0.05) is 6.07 Å². The normalized spacial score (nSPS) is 21.5. The van der Waals surface area contributed by atoms with E-state index in [1.807, 2.05) is 28.8 Å². The maximum Gasteiger partial charge on any atom is 0.160 e. The maximum absolute atomic E-state index is 4.24. The van der Waals surface area contributed by atoms with Gasteiger partial charge in [-0.2, -0.15) is 0 Å². The van der Waals surface area contributed by atoms with Crippen LogP contribution in [0.4, 0.5) is 0 Å². The predicted octanol–water partition coefficient (Wildman–Crippen LogP) is 0.913. The molecule has 0 radical (unpaired) electrons. The molecule has 1 aliphatic rings. The molecule has 2 aromatic rings. The first-order valence-electron chi connectivity index (χ1n) is 6.53. The highest BCUT2D eigenvalue weighted by molar-refractivity contribution is 5.36. The van der Waals surface area contributed by atoms with E-state index in [0.29, 0.717) is 6.04 Å². The molecule has 1 aliphatic heterocycles. The summed E-state index contributed by atoms with van der Waals surface area (Å²) >= 11 is 0. The highest BCUT2D eigenvalue weighted by Crippen LogP contribution is 2.09. The number of nitrogens with zero attached hydrogens (tertiary/aromatic N) is 4. The average molecular weight is 245 g/mol. The smallest absolute Gasteiger partial charge is 0.160 e. The third-order valence-corrected chi connectivity index (χ3v) is 3.56. The summed E-state index contributed by atoms with van der Waals surface area (Å²) in [6.07, 6.45) is 4.54. The Morgan fingerprint density at radius 2 is 2.33 bits per heavy atom. The molecule has 18 heavy (non-hydrogen) atoms. The quantitative estimate of drug-likeness (QED) is 0.873. The SMILES string of the molecule is CN1CCCC(NCc2nnc3ccccn23)C1. The molecular weight excluding hydrogens is 226 g/mol. The topological polar surface area (TPSA) is 45.5 Å². The number of hydrogen-bond acceptors (Lipinski definition) is 4. The Morgan fingerprint density at radius 3 is 3.22 bits per heavy atom. The number of rotatable bonds is 3. The van der Waals surface area contributed by atoms with Crippen LogP contribution in [0.2, 0.25) is 0 Å². The van der Waals surface area contributed by atoms with Crippen molar-refractivity contribution in [3.8, 4) is 0 Å². The number of likely N-dealkylation sites (N-methyl/N-ethyl adjacent to an activating group) is 1. The van der Waals surface area contributed by atoms with Gasteiger partial charge in [0, 0.05) is 18.8 Å². The van der Waals surface area contributed by atoms with E-state index in [0.717, 1.165) is 24.6 Å². The van der Waals surface area contributed by atoms with Gasteiger partial charge in [-0.25, -0.2) is 0 Å². The van der Waals surface area contributed by atoms with E-state index < -0.39 is 0 Å². The monoisotopic (exact) mass is 245 g/mol. The molecule has 5 nitrogen and oxygen atoms in total. The average Bonchev–Trinajstić information content (AvgIpc) is 2.80. The Balaban J connectivity index is 1.66. The van der Waals surface area contributed by atoms with Crippen molar-refractivity contribution in [3.05, 3.63) is 30.2 Å². The van der Waals surface area contributed by atoms with E-state index in [2.05, 4.69) is 27.5 Å². The molecule has 3 heterocycles. The van der Waals surface area contributed by atoms with E-state index in [4.69, 9.17) is 0 Å². The van der Waals surface area contributed by atoms with Crippen LogP contribution in [-0.2, 0) is 6.54 Å². The molecule has 0 amide bonds. The second-order valence-electron chi connectivity index (χ2n) is 5.03. The molecule has 96 valence electrons. The second-order valence-corrected chi connectivity index (χ2v) is 5.03. The zero-order chi connectivity index (χ0) is 12.4. The highest BCUT2D eigenvalue weighted by atomic mass is 15.3. The summed E-state index contributed by atoms with van der Waals surface area (Å²) in [7, 11) is 2.18. The summed E-state index contributed by atoms with van der Waals surface area (Å²) < 4.78 is 2.04. The van der Waals surface area contributed by atoms with Gasteiger partial charge in [-0.3, -0.25) is 4.40 Å². The molecule has 1 fully saturated rings. The van der Waals surface area contributed by atoms with E-state index >= 15 is 0 Å². The molecule has 1 N–H and O–H groups in total. The van der Waals surface area contributed by atoms with Gasteiger partial charge in [0.05, 0.1) is 6.54 Å². The number of likely N-dealkylation sites (tertiary alicyclic amines) is 1. The Labute approximate surface area is 107 Å². The summed E-state index contributed by atoms with van der Waals surface area (Å²) in [5, 5.41) is 12.0. The molecule has 0 aliphatic carbocycles. The van der Waals surface area contributed by atoms with Gasteiger partial charge in [0.25, 0.3) is 0 Å². The first-order chi connectivity index (χ1) is 8.83. The molecule has 0 aromatic carbocycles. The van der Waals surface area contributed by atoms with Crippen LogP contribution in [0.15, 0.2) is 24.4 Å². The zero-order valence-electron chi connectivity index (χ0n) is 10.7. The molecule has 0 spiro atoms. The number of aromatic nitrogens is 3. The van der Waals surface area contributed by atoms with Gasteiger partial charge in [0.1, 0.15) is 0 Å². The first kappa shape index (κ1) is 11.6. The Kier molecular flexibility index (Phi) is 3.25. The lowest BCUT2D eigenvalue weighted by molar-refractivity contribution is 0.225. The van der Waals surface area contributed by atoms with Crippen LogP contribution in [0.3, 0.4) is 0 Å². The second kappa shape index (κ2) is 5.04. The fraction of sp³-hybridized carbons (Fsp3) is 0.538. The molecule has 0 bridgehead atoms. The van der Waals surface area contributed by atoms with E-state index in [1.54, 1.807) is 0 Å². The minimum absolute atomic E-state index is 0.569. The van der Waals surface area contributed by atoms with Crippen LogP contribution in [0, 0.1) is 0 Å². The highest BCUT2D eigenvalue weighted by Gasteiger charge is 2.17. The minimum Gasteiger partial charge on any atom is -0.306 e. The largest absolute Gasteiger partial charge is 0.306 e. The van der Waals surface area contributed by atoms with E-state index in [-0.39, 0.29) is 0 Å². The molecule has 3 rings (SSSR count). The van der Waals surface area contributed by atoms with Crippen LogP contribution in [0.25, 0.3) is 5.65 Å². The van der Waals surface area contributed by atoms with Crippen LogP contribution >= 0.6 is 0 Å². The fourth-order valence-corrected chi connectivity index (χ4v) is 2.58. The van der Waals surface area contributed by atoms with E-state index in [9.17, 15) is 0 Å². The Bertz CT molecular complexity index is 521. The third-order valence-electron chi connectivity index (χ3n) is 3.56. The summed E-state index contributed by atoms with van der Waals surface area (Å²) in [5.41, 5.74) is 0.912. The fourth-order valence-electron chi connectivity index (χ4n) is 2.58. The molecule has 2 aromatic heterocycles.